The Labute approximate surface area is 119 Å². The van der Waals surface area contributed by atoms with Crippen LogP contribution in [0.1, 0.15) is 16.1 Å². The second-order valence-corrected chi connectivity index (χ2v) is 4.19. The maximum atomic E-state index is 11.6. The van der Waals surface area contributed by atoms with Crippen LogP contribution in [0, 0.1) is 0 Å². The van der Waals surface area contributed by atoms with Gasteiger partial charge in [-0.15, -0.1) is 0 Å². The van der Waals surface area contributed by atoms with Crippen LogP contribution in [0.4, 0.5) is 0 Å². The second-order valence-electron chi connectivity index (χ2n) is 3.75. The van der Waals surface area contributed by atoms with Crippen molar-refractivity contribution in [1.82, 2.24) is 9.97 Å². The van der Waals surface area contributed by atoms with E-state index in [1.54, 1.807) is 30.3 Å². The third-order valence-electron chi connectivity index (χ3n) is 2.33. The highest BCUT2D eigenvalue weighted by Crippen LogP contribution is 2.13. The van der Waals surface area contributed by atoms with Gasteiger partial charge in [0.1, 0.15) is 0 Å². The summed E-state index contributed by atoms with van der Waals surface area (Å²) in [4.78, 5) is 28.8. The largest absolute Gasteiger partial charge is 0.402 e. The molecule has 3 N–H and O–H groups in total. The van der Waals surface area contributed by atoms with Gasteiger partial charge in [0.15, 0.2) is 5.69 Å². The normalized spacial score (nSPS) is 10.7. The average molecular weight is 292 g/mol. The van der Waals surface area contributed by atoms with Crippen LogP contribution in [-0.2, 0) is 4.79 Å². The number of ether oxygens (including phenoxy) is 1. The Morgan fingerprint density at radius 1 is 1.30 bits per heavy atom. The summed E-state index contributed by atoms with van der Waals surface area (Å²) in [6, 6.07) is 6.89. The summed E-state index contributed by atoms with van der Waals surface area (Å²) < 4.78 is 4.90. The lowest BCUT2D eigenvalue weighted by atomic mass is 10.2. The molecule has 0 radical (unpaired) electrons. The maximum absolute atomic E-state index is 11.6. The zero-order valence-corrected chi connectivity index (χ0v) is 10.9. The van der Waals surface area contributed by atoms with Crippen molar-refractivity contribution in [3.05, 3.63) is 52.9 Å². The number of benzene rings is 1. The first-order chi connectivity index (χ1) is 9.56. The van der Waals surface area contributed by atoms with Gasteiger partial charge in [0.25, 0.3) is 11.8 Å². The van der Waals surface area contributed by atoms with E-state index in [1.165, 1.54) is 12.4 Å². The Hall–Kier alpha value is -2.60. The molecule has 0 atom stereocenters. The van der Waals surface area contributed by atoms with Crippen molar-refractivity contribution in [2.24, 2.45) is 5.73 Å². The predicted molar refractivity (Wildman–Crippen MR) is 73.2 cm³/mol. The molecule has 1 aromatic heterocycles. The van der Waals surface area contributed by atoms with Gasteiger partial charge in [-0.25, -0.2) is 9.78 Å². The minimum atomic E-state index is -0.757. The van der Waals surface area contributed by atoms with E-state index in [9.17, 15) is 9.59 Å². The monoisotopic (exact) mass is 291 g/mol. The van der Waals surface area contributed by atoms with Gasteiger partial charge in [-0.05, 0) is 23.8 Å². The van der Waals surface area contributed by atoms with Crippen LogP contribution in [0.5, 0.6) is 5.88 Å². The van der Waals surface area contributed by atoms with E-state index >= 15 is 0 Å². The highest BCUT2D eigenvalue weighted by atomic mass is 35.5. The molecule has 0 spiro atoms. The fraction of sp³-hybridized carbons (Fsp3) is 0. The highest BCUT2D eigenvalue weighted by Gasteiger charge is 2.14. The van der Waals surface area contributed by atoms with E-state index < -0.39 is 11.9 Å². The molecule has 0 bridgehead atoms. The van der Waals surface area contributed by atoms with E-state index in [-0.39, 0.29) is 11.6 Å². The number of aromatic amines is 1. The minimum absolute atomic E-state index is 0.0572. The number of H-pyrrole nitrogens is 1. The van der Waals surface area contributed by atoms with E-state index in [4.69, 9.17) is 22.1 Å². The number of hydrogen-bond donors (Lipinski definition) is 2. The first-order valence-electron chi connectivity index (χ1n) is 5.55. The molecule has 0 aliphatic carbocycles. The number of halogens is 1. The molecule has 0 unspecified atom stereocenters. The quantitative estimate of drug-likeness (QED) is 0.662. The molecule has 0 fully saturated rings. The molecular weight excluding hydrogens is 282 g/mol. The van der Waals surface area contributed by atoms with Gasteiger partial charge in [0, 0.05) is 11.1 Å². The number of nitrogens with zero attached hydrogens (tertiary/aromatic N) is 1. The van der Waals surface area contributed by atoms with E-state index in [2.05, 4.69) is 9.97 Å². The molecule has 1 amide bonds. The van der Waals surface area contributed by atoms with Crippen molar-refractivity contribution in [3.8, 4) is 5.88 Å². The molecule has 2 rings (SSSR count). The van der Waals surface area contributed by atoms with E-state index in [1.807, 2.05) is 0 Å². The number of imidazole rings is 1. The van der Waals surface area contributed by atoms with Gasteiger partial charge in [-0.2, -0.15) is 0 Å². The summed E-state index contributed by atoms with van der Waals surface area (Å²) in [5, 5.41) is 0.604. The van der Waals surface area contributed by atoms with E-state index in [0.29, 0.717) is 5.02 Å². The zero-order valence-electron chi connectivity index (χ0n) is 10.2. The molecule has 0 aliphatic heterocycles. The van der Waals surface area contributed by atoms with Gasteiger partial charge in [-0.3, -0.25) is 4.79 Å². The molecule has 6 nitrogen and oxygen atoms in total. The highest BCUT2D eigenvalue weighted by molar-refractivity contribution is 6.30. The summed E-state index contributed by atoms with van der Waals surface area (Å²) in [5.74, 6) is -1.58. The third-order valence-corrected chi connectivity index (χ3v) is 2.58. The zero-order chi connectivity index (χ0) is 14.5. The van der Waals surface area contributed by atoms with Crippen molar-refractivity contribution in [2.75, 3.05) is 0 Å². The lowest BCUT2D eigenvalue weighted by Gasteiger charge is -1.98. The Bertz CT molecular complexity index is 662. The number of carbonyl (C=O) groups is 2. The lowest BCUT2D eigenvalue weighted by Crippen LogP contribution is -2.14. The summed E-state index contributed by atoms with van der Waals surface area (Å²) in [6.07, 6.45) is 3.98. The minimum Gasteiger partial charge on any atom is -0.402 e. The van der Waals surface area contributed by atoms with Gasteiger partial charge in [-0.1, -0.05) is 23.7 Å². The molecule has 1 aromatic carbocycles. The number of aromatic nitrogens is 2. The Balaban J connectivity index is 2.03. The molecule has 102 valence electrons. The third kappa shape index (κ3) is 3.46. The number of hydrogen-bond acceptors (Lipinski definition) is 4. The molecule has 7 heteroatoms. The number of nitrogens with two attached hydrogens (primary N) is 1. The number of primary amides is 1. The van der Waals surface area contributed by atoms with Crippen LogP contribution in [-0.4, -0.2) is 21.8 Å². The van der Waals surface area contributed by atoms with Crippen molar-refractivity contribution in [2.45, 2.75) is 0 Å². The fourth-order valence-corrected chi connectivity index (χ4v) is 1.53. The van der Waals surface area contributed by atoms with Crippen LogP contribution >= 0.6 is 11.6 Å². The van der Waals surface area contributed by atoms with Gasteiger partial charge >= 0.3 is 5.97 Å². The van der Waals surface area contributed by atoms with Crippen molar-refractivity contribution in [1.29, 1.82) is 0 Å². The Morgan fingerprint density at radius 2 is 2.00 bits per heavy atom. The fourth-order valence-electron chi connectivity index (χ4n) is 1.40. The number of esters is 1. The van der Waals surface area contributed by atoms with Crippen LogP contribution in [0.2, 0.25) is 5.02 Å². The van der Waals surface area contributed by atoms with E-state index in [0.717, 1.165) is 5.56 Å². The molecular formula is C13H10ClN3O3. The topological polar surface area (TPSA) is 98.1 Å². The predicted octanol–water partition coefficient (Wildman–Crippen LogP) is 1.78. The molecule has 2 aromatic rings. The molecule has 0 saturated carbocycles. The van der Waals surface area contributed by atoms with Crippen LogP contribution in [0.3, 0.4) is 0 Å². The number of rotatable bonds is 4. The Morgan fingerprint density at radius 3 is 2.65 bits per heavy atom. The van der Waals surface area contributed by atoms with Crippen molar-refractivity contribution in [3.63, 3.8) is 0 Å². The van der Waals surface area contributed by atoms with Gasteiger partial charge in [0.2, 0.25) is 0 Å². The van der Waals surface area contributed by atoms with Crippen LogP contribution in [0.25, 0.3) is 6.08 Å². The lowest BCUT2D eigenvalue weighted by molar-refractivity contribution is -0.129. The van der Waals surface area contributed by atoms with Crippen molar-refractivity contribution < 1.29 is 14.3 Å². The SMILES string of the molecule is NC(=O)c1[nH]cnc1OC(=O)/C=C/c1ccc(Cl)cc1. The summed E-state index contributed by atoms with van der Waals surface area (Å²) in [6.45, 7) is 0. The van der Waals surface area contributed by atoms with Crippen molar-refractivity contribution >= 4 is 29.6 Å². The smallest absolute Gasteiger partial charge is 0.337 e. The molecule has 0 saturated heterocycles. The first kappa shape index (κ1) is 13.8. The molecule has 1 heterocycles. The van der Waals surface area contributed by atoms with Gasteiger partial charge in [0.05, 0.1) is 6.33 Å². The second kappa shape index (κ2) is 6.03. The molecule has 20 heavy (non-hydrogen) atoms. The summed E-state index contributed by atoms with van der Waals surface area (Å²) in [5.41, 5.74) is 5.81. The first-order valence-corrected chi connectivity index (χ1v) is 5.92. The molecule has 0 aliphatic rings. The van der Waals surface area contributed by atoms with Crippen LogP contribution < -0.4 is 10.5 Å². The van der Waals surface area contributed by atoms with Gasteiger partial charge < -0.3 is 15.5 Å². The average Bonchev–Trinajstić information content (AvgIpc) is 2.86. The number of amides is 1. The van der Waals surface area contributed by atoms with Crippen LogP contribution in [0.15, 0.2) is 36.7 Å². The maximum Gasteiger partial charge on any atom is 0.337 e. The Kier molecular flexibility index (Phi) is 4.17. The number of carbonyl (C=O) groups excluding carboxylic acids is 2. The summed E-state index contributed by atoms with van der Waals surface area (Å²) >= 11 is 5.75. The summed E-state index contributed by atoms with van der Waals surface area (Å²) in [7, 11) is 0. The number of nitrogens with one attached hydrogen (secondary N) is 1. The standard InChI is InChI=1S/C13H10ClN3O3/c14-9-4-1-8(2-5-9)3-6-10(18)20-13-11(12(15)19)16-7-17-13/h1-7H,(H2,15,19)(H,16,17)/b6-3+.